The number of nitrogens with one attached hydrogen (secondary N) is 4. The average Bonchev–Trinajstić information content (AvgIpc) is 3.07. The molecule has 166 valence electrons. The molecule has 0 saturated carbocycles. The predicted octanol–water partition coefficient (Wildman–Crippen LogP) is 3.60. The van der Waals surface area contributed by atoms with Crippen LogP contribution in [0.4, 0.5) is 5.69 Å². The normalized spacial score (nSPS) is 12.8. The lowest BCUT2D eigenvalue weighted by molar-refractivity contribution is 0.0938. The quantitative estimate of drug-likeness (QED) is 0.402. The Bertz CT molecular complexity index is 1210. The molecule has 3 aromatic rings. The smallest absolute Gasteiger partial charge is 0.323 e. The lowest BCUT2D eigenvalue weighted by Gasteiger charge is -2.15. The zero-order chi connectivity index (χ0) is 22.6. The van der Waals surface area contributed by atoms with Gasteiger partial charge in [0.2, 0.25) is 0 Å². The summed E-state index contributed by atoms with van der Waals surface area (Å²) in [5.41, 5.74) is 1.33. The van der Waals surface area contributed by atoms with Gasteiger partial charge in [-0.05, 0) is 61.7 Å². The number of H-pyrrole nitrogens is 2. The third-order valence-electron chi connectivity index (χ3n) is 4.99. The van der Waals surface area contributed by atoms with Crippen LogP contribution in [-0.4, -0.2) is 30.3 Å². The minimum absolute atomic E-state index is 0.0206. The maximum Gasteiger partial charge on any atom is 0.323 e. The first-order valence-corrected chi connectivity index (χ1v) is 11.8. The zero-order valence-corrected chi connectivity index (χ0v) is 18.7. The highest BCUT2D eigenvalue weighted by molar-refractivity contribution is 7.92. The SMILES string of the molecule is CC(C)CCCC(C)NC(=O)c1ccc(NS(=O)(=O)c2ccc3[nH]c(=O)[nH]c3c2)cc1. The Hall–Kier alpha value is -3.07. The number of anilines is 1. The van der Waals surface area contributed by atoms with Gasteiger partial charge in [0, 0.05) is 17.3 Å². The fourth-order valence-corrected chi connectivity index (χ4v) is 4.38. The minimum atomic E-state index is -3.85. The van der Waals surface area contributed by atoms with E-state index in [9.17, 15) is 18.0 Å². The molecule has 1 aromatic heterocycles. The molecule has 1 atom stereocenters. The van der Waals surface area contributed by atoms with Gasteiger partial charge in [0.05, 0.1) is 15.9 Å². The van der Waals surface area contributed by atoms with E-state index in [2.05, 4.69) is 33.9 Å². The van der Waals surface area contributed by atoms with Crippen LogP contribution in [0.5, 0.6) is 0 Å². The molecule has 0 aliphatic heterocycles. The van der Waals surface area contributed by atoms with Crippen molar-refractivity contribution in [2.24, 2.45) is 5.92 Å². The first-order chi connectivity index (χ1) is 14.6. The second-order valence-corrected chi connectivity index (χ2v) is 9.85. The van der Waals surface area contributed by atoms with E-state index in [0.29, 0.717) is 28.2 Å². The number of hydrogen-bond acceptors (Lipinski definition) is 4. The first-order valence-electron chi connectivity index (χ1n) is 10.3. The van der Waals surface area contributed by atoms with Crippen molar-refractivity contribution in [3.05, 3.63) is 58.5 Å². The van der Waals surface area contributed by atoms with Gasteiger partial charge in [-0.15, -0.1) is 0 Å². The second-order valence-electron chi connectivity index (χ2n) is 8.17. The molecule has 1 heterocycles. The van der Waals surface area contributed by atoms with Crippen molar-refractivity contribution in [1.82, 2.24) is 15.3 Å². The fourth-order valence-electron chi connectivity index (χ4n) is 3.29. The maximum absolute atomic E-state index is 12.7. The van der Waals surface area contributed by atoms with Gasteiger partial charge in [-0.2, -0.15) is 0 Å². The molecular formula is C22H28N4O4S. The molecule has 1 amide bonds. The van der Waals surface area contributed by atoms with E-state index < -0.39 is 15.7 Å². The number of amides is 1. The Morgan fingerprint density at radius 1 is 0.968 bits per heavy atom. The fraction of sp³-hybridized carbons (Fsp3) is 0.364. The van der Waals surface area contributed by atoms with Crippen molar-refractivity contribution in [2.75, 3.05) is 4.72 Å². The predicted molar refractivity (Wildman–Crippen MR) is 122 cm³/mol. The number of carbonyl (C=O) groups is 1. The maximum atomic E-state index is 12.7. The Balaban J connectivity index is 1.63. The molecule has 31 heavy (non-hydrogen) atoms. The molecule has 8 nitrogen and oxygen atoms in total. The van der Waals surface area contributed by atoms with E-state index in [4.69, 9.17) is 0 Å². The summed E-state index contributed by atoms with van der Waals surface area (Å²) in [4.78, 5) is 28.9. The average molecular weight is 445 g/mol. The molecule has 0 spiro atoms. The van der Waals surface area contributed by atoms with Gasteiger partial charge in [0.15, 0.2) is 0 Å². The molecule has 4 N–H and O–H groups in total. The Labute approximate surface area is 181 Å². The van der Waals surface area contributed by atoms with Gasteiger partial charge in [0.25, 0.3) is 15.9 Å². The Kier molecular flexibility index (Phi) is 6.84. The van der Waals surface area contributed by atoms with Gasteiger partial charge in [0.1, 0.15) is 0 Å². The van der Waals surface area contributed by atoms with Gasteiger partial charge in [-0.1, -0.05) is 26.7 Å². The third-order valence-corrected chi connectivity index (χ3v) is 6.37. The summed E-state index contributed by atoms with van der Waals surface area (Å²) >= 11 is 0. The summed E-state index contributed by atoms with van der Waals surface area (Å²) in [6, 6.07) is 10.7. The molecule has 0 radical (unpaired) electrons. The number of imidazole rings is 1. The summed E-state index contributed by atoms with van der Waals surface area (Å²) in [6.07, 6.45) is 3.10. The molecular weight excluding hydrogens is 416 g/mol. The lowest BCUT2D eigenvalue weighted by atomic mass is 10.0. The number of sulfonamides is 1. The minimum Gasteiger partial charge on any atom is -0.350 e. The number of hydrogen-bond donors (Lipinski definition) is 4. The monoisotopic (exact) mass is 444 g/mol. The van der Waals surface area contributed by atoms with Crippen molar-refractivity contribution >= 4 is 32.7 Å². The number of aromatic amines is 2. The lowest BCUT2D eigenvalue weighted by Crippen LogP contribution is -2.32. The number of aromatic nitrogens is 2. The van der Waals surface area contributed by atoms with Crippen molar-refractivity contribution < 1.29 is 13.2 Å². The van der Waals surface area contributed by atoms with Crippen LogP contribution < -0.4 is 15.7 Å². The Morgan fingerprint density at radius 2 is 1.65 bits per heavy atom. The summed E-state index contributed by atoms with van der Waals surface area (Å²) in [7, 11) is -3.85. The van der Waals surface area contributed by atoms with Gasteiger partial charge >= 0.3 is 5.69 Å². The first kappa shape index (κ1) is 22.6. The molecule has 1 unspecified atom stereocenters. The van der Waals surface area contributed by atoms with Gasteiger partial charge in [-0.3, -0.25) is 9.52 Å². The number of benzene rings is 2. The van der Waals surface area contributed by atoms with E-state index in [0.717, 1.165) is 19.3 Å². The molecule has 9 heteroatoms. The number of rotatable bonds is 9. The number of carbonyl (C=O) groups excluding carboxylic acids is 1. The molecule has 2 aromatic carbocycles. The van der Waals surface area contributed by atoms with E-state index in [-0.39, 0.29) is 16.8 Å². The van der Waals surface area contributed by atoms with Crippen LogP contribution in [0.2, 0.25) is 0 Å². The van der Waals surface area contributed by atoms with E-state index in [1.807, 2.05) is 6.92 Å². The van der Waals surface area contributed by atoms with E-state index >= 15 is 0 Å². The van der Waals surface area contributed by atoms with Gasteiger partial charge in [-0.25, -0.2) is 13.2 Å². The summed E-state index contributed by atoms with van der Waals surface area (Å²) in [5, 5.41) is 2.97. The highest BCUT2D eigenvalue weighted by Crippen LogP contribution is 2.19. The van der Waals surface area contributed by atoms with Crippen LogP contribution in [0.1, 0.15) is 50.4 Å². The van der Waals surface area contributed by atoms with Gasteiger partial charge < -0.3 is 15.3 Å². The highest BCUT2D eigenvalue weighted by atomic mass is 32.2. The molecule has 0 saturated heterocycles. The molecule has 0 bridgehead atoms. The molecule has 3 rings (SSSR count). The standard InChI is InChI=1S/C22H28N4O4S/c1-14(2)5-4-6-15(3)23-21(27)16-7-9-17(10-8-16)26-31(29,30)18-11-12-19-20(13-18)25-22(28)24-19/h7-15,26H,4-6H2,1-3H3,(H,23,27)(H2,24,25,28). The molecule has 0 aliphatic rings. The van der Waals surface area contributed by atoms with Crippen LogP contribution in [0.3, 0.4) is 0 Å². The topological polar surface area (TPSA) is 124 Å². The molecule has 0 fully saturated rings. The molecule has 0 aliphatic carbocycles. The van der Waals surface area contributed by atoms with E-state index in [1.165, 1.54) is 18.2 Å². The second kappa shape index (κ2) is 9.38. The summed E-state index contributed by atoms with van der Waals surface area (Å²) in [5.74, 6) is 0.458. The zero-order valence-electron chi connectivity index (χ0n) is 17.9. The van der Waals surface area contributed by atoms with Crippen LogP contribution in [0, 0.1) is 5.92 Å². The summed E-state index contributed by atoms with van der Waals surface area (Å²) < 4.78 is 27.8. The van der Waals surface area contributed by atoms with Crippen molar-refractivity contribution in [3.8, 4) is 0 Å². The number of fused-ring (bicyclic) bond motifs is 1. The Morgan fingerprint density at radius 3 is 2.32 bits per heavy atom. The van der Waals surface area contributed by atoms with E-state index in [1.54, 1.807) is 24.3 Å². The van der Waals surface area contributed by atoms with Crippen LogP contribution >= 0.6 is 0 Å². The highest BCUT2D eigenvalue weighted by Gasteiger charge is 2.16. The van der Waals surface area contributed by atoms with Crippen molar-refractivity contribution in [1.29, 1.82) is 0 Å². The summed E-state index contributed by atoms with van der Waals surface area (Å²) in [6.45, 7) is 6.34. The van der Waals surface area contributed by atoms with Crippen LogP contribution in [0.15, 0.2) is 52.2 Å². The third kappa shape index (κ3) is 5.97. The van der Waals surface area contributed by atoms with Crippen LogP contribution in [-0.2, 0) is 10.0 Å². The largest absolute Gasteiger partial charge is 0.350 e. The van der Waals surface area contributed by atoms with Crippen molar-refractivity contribution in [3.63, 3.8) is 0 Å². The van der Waals surface area contributed by atoms with Crippen molar-refractivity contribution in [2.45, 2.75) is 51.0 Å². The van der Waals surface area contributed by atoms with Crippen LogP contribution in [0.25, 0.3) is 11.0 Å².